The molecule has 0 radical (unpaired) electrons. The summed E-state index contributed by atoms with van der Waals surface area (Å²) in [6.07, 6.45) is 4.16. The number of para-hydroxylation sites is 1. The van der Waals surface area contributed by atoms with Crippen molar-refractivity contribution in [1.82, 2.24) is 15.3 Å². The van der Waals surface area contributed by atoms with Crippen LogP contribution in [0.3, 0.4) is 0 Å². The standard InChI is InChI=1S/C19H25N3O2/c1-5-14-8-6-7-9-16(14)24-12-17(23)21-11-15-10-20-13-22-18(15)19(2,3)4/h6-10,13H,5,11-12H2,1-4H3,(H,21,23). The lowest BCUT2D eigenvalue weighted by Gasteiger charge is -2.21. The lowest BCUT2D eigenvalue weighted by molar-refractivity contribution is -0.123. The molecule has 1 heterocycles. The maximum absolute atomic E-state index is 12.1. The molecule has 24 heavy (non-hydrogen) atoms. The molecule has 0 bridgehead atoms. The van der Waals surface area contributed by atoms with Crippen molar-refractivity contribution in [2.75, 3.05) is 6.61 Å². The van der Waals surface area contributed by atoms with Gasteiger partial charge in [0.1, 0.15) is 12.1 Å². The normalized spacial score (nSPS) is 11.2. The Morgan fingerprint density at radius 2 is 1.96 bits per heavy atom. The highest BCUT2D eigenvalue weighted by Crippen LogP contribution is 2.22. The number of carbonyl (C=O) groups is 1. The quantitative estimate of drug-likeness (QED) is 0.886. The van der Waals surface area contributed by atoms with Crippen molar-refractivity contribution in [3.8, 4) is 5.75 Å². The molecule has 1 aromatic heterocycles. The minimum Gasteiger partial charge on any atom is -0.483 e. The van der Waals surface area contributed by atoms with E-state index in [1.165, 1.54) is 6.33 Å². The first-order valence-electron chi connectivity index (χ1n) is 8.18. The Bertz CT molecular complexity index is 693. The number of amides is 1. The summed E-state index contributed by atoms with van der Waals surface area (Å²) in [6, 6.07) is 7.76. The van der Waals surface area contributed by atoms with Gasteiger partial charge >= 0.3 is 0 Å². The molecule has 1 amide bonds. The Balaban J connectivity index is 1.93. The second-order valence-electron chi connectivity index (χ2n) is 6.67. The van der Waals surface area contributed by atoms with Gasteiger partial charge in [0.15, 0.2) is 6.61 Å². The first-order chi connectivity index (χ1) is 11.4. The summed E-state index contributed by atoms with van der Waals surface area (Å²) in [4.78, 5) is 20.5. The lowest BCUT2D eigenvalue weighted by Crippen LogP contribution is -2.30. The van der Waals surface area contributed by atoms with E-state index in [9.17, 15) is 4.79 Å². The topological polar surface area (TPSA) is 64.1 Å². The van der Waals surface area contributed by atoms with Gasteiger partial charge < -0.3 is 10.1 Å². The van der Waals surface area contributed by atoms with Crippen LogP contribution in [0.5, 0.6) is 5.75 Å². The van der Waals surface area contributed by atoms with Crippen molar-refractivity contribution >= 4 is 5.91 Å². The lowest BCUT2D eigenvalue weighted by atomic mass is 9.89. The first-order valence-corrected chi connectivity index (χ1v) is 8.18. The molecule has 128 valence electrons. The molecular formula is C19H25N3O2. The molecular weight excluding hydrogens is 302 g/mol. The van der Waals surface area contributed by atoms with Gasteiger partial charge in [-0.1, -0.05) is 45.9 Å². The Hall–Kier alpha value is -2.43. The molecule has 0 fully saturated rings. The van der Waals surface area contributed by atoms with Crippen LogP contribution in [-0.4, -0.2) is 22.5 Å². The fourth-order valence-corrected chi connectivity index (χ4v) is 2.49. The van der Waals surface area contributed by atoms with Gasteiger partial charge in [0.25, 0.3) is 5.91 Å². The van der Waals surface area contributed by atoms with Gasteiger partial charge in [-0.3, -0.25) is 4.79 Å². The van der Waals surface area contributed by atoms with Crippen LogP contribution < -0.4 is 10.1 Å². The van der Waals surface area contributed by atoms with Crippen LogP contribution in [0.4, 0.5) is 0 Å². The minimum atomic E-state index is -0.162. The number of benzene rings is 1. The van der Waals surface area contributed by atoms with Crippen LogP contribution in [0.1, 0.15) is 44.5 Å². The van der Waals surface area contributed by atoms with Gasteiger partial charge in [-0.2, -0.15) is 0 Å². The molecule has 0 aliphatic carbocycles. The summed E-state index contributed by atoms with van der Waals surface area (Å²) in [5.41, 5.74) is 2.86. The molecule has 0 aliphatic heterocycles. The average Bonchev–Trinajstić information content (AvgIpc) is 2.57. The third-order valence-corrected chi connectivity index (χ3v) is 3.69. The molecule has 5 heteroatoms. The maximum Gasteiger partial charge on any atom is 0.258 e. The van der Waals surface area contributed by atoms with Crippen LogP contribution in [0.25, 0.3) is 0 Å². The number of carbonyl (C=O) groups excluding carboxylic acids is 1. The number of hydrogen-bond donors (Lipinski definition) is 1. The zero-order valence-corrected chi connectivity index (χ0v) is 14.8. The second kappa shape index (κ2) is 7.90. The van der Waals surface area contributed by atoms with Crippen LogP contribution in [0.15, 0.2) is 36.8 Å². The molecule has 1 N–H and O–H groups in total. The van der Waals surface area contributed by atoms with Gasteiger partial charge in [-0.25, -0.2) is 9.97 Å². The van der Waals surface area contributed by atoms with Gasteiger partial charge in [0.05, 0.1) is 5.69 Å². The molecule has 0 aliphatic rings. The monoisotopic (exact) mass is 327 g/mol. The highest BCUT2D eigenvalue weighted by atomic mass is 16.5. The third-order valence-electron chi connectivity index (χ3n) is 3.69. The summed E-state index contributed by atoms with van der Waals surface area (Å²) in [5.74, 6) is 0.596. The molecule has 0 saturated carbocycles. The van der Waals surface area contributed by atoms with Crippen molar-refractivity contribution < 1.29 is 9.53 Å². The van der Waals surface area contributed by atoms with Crippen LogP contribution >= 0.6 is 0 Å². The number of aromatic nitrogens is 2. The fourth-order valence-electron chi connectivity index (χ4n) is 2.49. The van der Waals surface area contributed by atoms with Gasteiger partial charge in [-0.05, 0) is 18.1 Å². The SMILES string of the molecule is CCc1ccccc1OCC(=O)NCc1cncnc1C(C)(C)C. The van der Waals surface area contributed by atoms with E-state index in [1.54, 1.807) is 6.20 Å². The Morgan fingerprint density at radius 3 is 2.67 bits per heavy atom. The van der Waals surface area contributed by atoms with E-state index >= 15 is 0 Å². The largest absolute Gasteiger partial charge is 0.483 e. The maximum atomic E-state index is 12.1. The summed E-state index contributed by atoms with van der Waals surface area (Å²) >= 11 is 0. The van der Waals surface area contributed by atoms with Crippen molar-refractivity contribution in [3.63, 3.8) is 0 Å². The van der Waals surface area contributed by atoms with Crippen molar-refractivity contribution in [3.05, 3.63) is 53.6 Å². The zero-order valence-electron chi connectivity index (χ0n) is 14.8. The number of rotatable bonds is 6. The molecule has 0 unspecified atom stereocenters. The number of nitrogens with zero attached hydrogens (tertiary/aromatic N) is 2. The molecule has 0 saturated heterocycles. The molecule has 5 nitrogen and oxygen atoms in total. The highest BCUT2D eigenvalue weighted by molar-refractivity contribution is 5.77. The molecule has 1 aromatic carbocycles. The van der Waals surface area contributed by atoms with E-state index in [0.29, 0.717) is 6.54 Å². The van der Waals surface area contributed by atoms with E-state index < -0.39 is 0 Å². The van der Waals surface area contributed by atoms with E-state index in [-0.39, 0.29) is 17.9 Å². The predicted octanol–water partition coefficient (Wildman–Crippen LogP) is 3.03. The van der Waals surface area contributed by atoms with Gasteiger partial charge in [0, 0.05) is 23.7 Å². The summed E-state index contributed by atoms with van der Waals surface area (Å²) < 4.78 is 5.63. The number of ether oxygens (including phenoxy) is 1. The highest BCUT2D eigenvalue weighted by Gasteiger charge is 2.19. The minimum absolute atomic E-state index is 0.00441. The van der Waals surface area contributed by atoms with Crippen LogP contribution in [-0.2, 0) is 23.2 Å². The van der Waals surface area contributed by atoms with Crippen molar-refractivity contribution in [2.45, 2.75) is 46.1 Å². The summed E-state index contributed by atoms with van der Waals surface area (Å²) in [6.45, 7) is 8.72. The van der Waals surface area contributed by atoms with E-state index in [4.69, 9.17) is 4.74 Å². The Labute approximate surface area is 143 Å². The van der Waals surface area contributed by atoms with Gasteiger partial charge in [-0.15, -0.1) is 0 Å². The fraction of sp³-hybridized carbons (Fsp3) is 0.421. The molecule has 2 rings (SSSR count). The average molecular weight is 327 g/mol. The first kappa shape index (κ1) is 17.9. The summed E-state index contributed by atoms with van der Waals surface area (Å²) in [5, 5.41) is 2.88. The van der Waals surface area contributed by atoms with E-state index in [2.05, 4.69) is 43.0 Å². The number of aryl methyl sites for hydroxylation is 1. The predicted molar refractivity (Wildman–Crippen MR) is 93.9 cm³/mol. The second-order valence-corrected chi connectivity index (χ2v) is 6.67. The molecule has 2 aromatic rings. The molecule has 0 spiro atoms. The Morgan fingerprint density at radius 1 is 1.21 bits per heavy atom. The van der Waals surface area contributed by atoms with Crippen molar-refractivity contribution in [1.29, 1.82) is 0 Å². The summed E-state index contributed by atoms with van der Waals surface area (Å²) in [7, 11) is 0. The molecule has 0 atom stereocenters. The van der Waals surface area contributed by atoms with Crippen molar-refractivity contribution in [2.24, 2.45) is 0 Å². The van der Waals surface area contributed by atoms with Crippen LogP contribution in [0.2, 0.25) is 0 Å². The number of hydrogen-bond acceptors (Lipinski definition) is 4. The Kier molecular flexibility index (Phi) is 5.90. The smallest absolute Gasteiger partial charge is 0.258 e. The number of nitrogens with one attached hydrogen (secondary N) is 1. The van der Waals surface area contributed by atoms with E-state index in [1.807, 2.05) is 24.3 Å². The van der Waals surface area contributed by atoms with E-state index in [0.717, 1.165) is 29.0 Å². The van der Waals surface area contributed by atoms with Crippen LogP contribution in [0, 0.1) is 0 Å². The van der Waals surface area contributed by atoms with Gasteiger partial charge in [0.2, 0.25) is 0 Å². The zero-order chi connectivity index (χ0) is 17.6. The third kappa shape index (κ3) is 4.78.